The molecule has 2 heterocycles. The summed E-state index contributed by atoms with van der Waals surface area (Å²) in [6.07, 6.45) is 1.58. The van der Waals surface area contributed by atoms with Crippen LogP contribution in [0.3, 0.4) is 0 Å². The molecular weight excluding hydrogens is 328 g/mol. The molecule has 124 valence electrons. The van der Waals surface area contributed by atoms with Gasteiger partial charge in [0.2, 0.25) is 0 Å². The van der Waals surface area contributed by atoms with E-state index in [1.807, 2.05) is 6.07 Å². The number of nitriles is 1. The van der Waals surface area contributed by atoms with Gasteiger partial charge in [0.15, 0.2) is 5.69 Å². The molecule has 0 bridgehead atoms. The van der Waals surface area contributed by atoms with Crippen molar-refractivity contribution in [1.82, 2.24) is 10.5 Å². The quantitative estimate of drug-likeness (QED) is 0.925. The number of benzene rings is 1. The highest BCUT2D eigenvalue weighted by atomic mass is 35.5. The summed E-state index contributed by atoms with van der Waals surface area (Å²) in [6, 6.07) is 9.17. The Labute approximate surface area is 145 Å². The second-order valence-corrected chi connectivity index (χ2v) is 6.27. The van der Waals surface area contributed by atoms with Gasteiger partial charge in [0.25, 0.3) is 5.91 Å². The third-order valence-corrected chi connectivity index (χ3v) is 4.35. The van der Waals surface area contributed by atoms with Crippen molar-refractivity contribution >= 4 is 23.2 Å². The first-order valence-corrected chi connectivity index (χ1v) is 8.13. The van der Waals surface area contributed by atoms with Gasteiger partial charge in [-0.25, -0.2) is 0 Å². The molecular formula is C17H17ClN4O2. The Morgan fingerprint density at radius 1 is 1.42 bits per heavy atom. The van der Waals surface area contributed by atoms with Crippen LogP contribution in [-0.4, -0.2) is 30.2 Å². The highest BCUT2D eigenvalue weighted by molar-refractivity contribution is 6.30. The molecule has 0 radical (unpaired) electrons. The first-order valence-electron chi connectivity index (χ1n) is 7.75. The zero-order valence-electron chi connectivity index (χ0n) is 13.3. The van der Waals surface area contributed by atoms with E-state index in [4.69, 9.17) is 16.1 Å². The predicted octanol–water partition coefficient (Wildman–Crippen LogP) is 2.91. The molecule has 1 aromatic carbocycles. The molecule has 0 aliphatic carbocycles. The number of aromatic nitrogens is 1. The molecule has 3 rings (SSSR count). The molecule has 0 saturated carbocycles. The van der Waals surface area contributed by atoms with Crippen LogP contribution < -0.4 is 10.2 Å². The van der Waals surface area contributed by atoms with E-state index >= 15 is 0 Å². The SMILES string of the molecule is Cc1cc(C(=O)NC2CCN(c3cc(Cl)ccc3C#N)CC2)no1. The molecule has 1 amide bonds. The number of nitrogens with zero attached hydrogens (tertiary/aromatic N) is 3. The molecule has 1 aliphatic heterocycles. The van der Waals surface area contributed by atoms with E-state index in [2.05, 4.69) is 21.4 Å². The van der Waals surface area contributed by atoms with Crippen molar-refractivity contribution in [3.05, 3.63) is 46.3 Å². The molecule has 1 aliphatic rings. The molecule has 0 unspecified atom stereocenters. The molecule has 1 saturated heterocycles. The minimum atomic E-state index is -0.217. The number of aryl methyl sites for hydroxylation is 1. The van der Waals surface area contributed by atoms with Crippen molar-refractivity contribution in [2.75, 3.05) is 18.0 Å². The van der Waals surface area contributed by atoms with Gasteiger partial charge in [0.05, 0.1) is 11.3 Å². The van der Waals surface area contributed by atoms with Gasteiger partial charge in [-0.3, -0.25) is 4.79 Å². The average Bonchev–Trinajstić information content (AvgIpc) is 3.02. The summed E-state index contributed by atoms with van der Waals surface area (Å²) in [6.45, 7) is 3.25. The van der Waals surface area contributed by atoms with Gasteiger partial charge in [-0.15, -0.1) is 0 Å². The Bertz CT molecular complexity index is 788. The van der Waals surface area contributed by atoms with Gasteiger partial charge in [0.1, 0.15) is 11.8 Å². The summed E-state index contributed by atoms with van der Waals surface area (Å²) in [5.41, 5.74) is 1.76. The molecule has 0 atom stereocenters. The standard InChI is InChI=1S/C17H17ClN4O2/c1-11-8-15(21-24-11)17(23)20-14-4-6-22(7-5-14)16-9-13(18)3-2-12(16)10-19/h2-3,8-9,14H,4-7H2,1H3,(H,20,23). The molecule has 0 spiro atoms. The van der Waals surface area contributed by atoms with Crippen molar-refractivity contribution in [3.63, 3.8) is 0 Å². The van der Waals surface area contributed by atoms with Gasteiger partial charge in [0, 0.05) is 30.2 Å². The average molecular weight is 345 g/mol. The molecule has 24 heavy (non-hydrogen) atoms. The van der Waals surface area contributed by atoms with Crippen molar-refractivity contribution in [2.45, 2.75) is 25.8 Å². The monoisotopic (exact) mass is 344 g/mol. The summed E-state index contributed by atoms with van der Waals surface area (Å²) in [5.74, 6) is 0.394. The van der Waals surface area contributed by atoms with Crippen LogP contribution in [-0.2, 0) is 0 Å². The van der Waals surface area contributed by atoms with Crippen molar-refractivity contribution in [2.24, 2.45) is 0 Å². The van der Waals surface area contributed by atoms with Crippen LogP contribution in [0.2, 0.25) is 5.02 Å². The van der Waals surface area contributed by atoms with E-state index in [0.717, 1.165) is 31.6 Å². The molecule has 2 aromatic rings. The Kier molecular flexibility index (Phi) is 4.72. The number of hydrogen-bond donors (Lipinski definition) is 1. The zero-order chi connectivity index (χ0) is 17.1. The minimum absolute atomic E-state index is 0.0791. The lowest BCUT2D eigenvalue weighted by atomic mass is 10.0. The van der Waals surface area contributed by atoms with E-state index in [9.17, 15) is 10.1 Å². The van der Waals surface area contributed by atoms with E-state index in [-0.39, 0.29) is 11.9 Å². The number of piperidine rings is 1. The minimum Gasteiger partial charge on any atom is -0.370 e. The fraction of sp³-hybridized carbons (Fsp3) is 0.353. The fourth-order valence-corrected chi connectivity index (χ4v) is 3.02. The van der Waals surface area contributed by atoms with Crippen LogP contribution in [0.4, 0.5) is 5.69 Å². The van der Waals surface area contributed by atoms with Gasteiger partial charge in [-0.1, -0.05) is 16.8 Å². The Morgan fingerprint density at radius 2 is 2.17 bits per heavy atom. The second kappa shape index (κ2) is 6.93. The van der Waals surface area contributed by atoms with Crippen LogP contribution in [0.25, 0.3) is 0 Å². The summed E-state index contributed by atoms with van der Waals surface area (Å²) in [7, 11) is 0. The molecule has 1 aromatic heterocycles. The largest absolute Gasteiger partial charge is 0.370 e. The highest BCUT2D eigenvalue weighted by Gasteiger charge is 2.23. The Morgan fingerprint density at radius 3 is 2.79 bits per heavy atom. The van der Waals surface area contributed by atoms with E-state index in [0.29, 0.717) is 22.0 Å². The normalized spacial score (nSPS) is 15.1. The number of halogens is 1. The van der Waals surface area contributed by atoms with Gasteiger partial charge in [-0.2, -0.15) is 5.26 Å². The molecule has 6 nitrogen and oxygen atoms in total. The van der Waals surface area contributed by atoms with Crippen LogP contribution in [0, 0.1) is 18.3 Å². The van der Waals surface area contributed by atoms with Gasteiger partial charge in [-0.05, 0) is 38.0 Å². The van der Waals surface area contributed by atoms with Gasteiger partial charge < -0.3 is 14.7 Å². The number of hydrogen-bond acceptors (Lipinski definition) is 5. The number of carbonyl (C=O) groups excluding carboxylic acids is 1. The lowest BCUT2D eigenvalue weighted by Gasteiger charge is -2.34. The first kappa shape index (κ1) is 16.3. The van der Waals surface area contributed by atoms with Crippen LogP contribution in [0.15, 0.2) is 28.8 Å². The second-order valence-electron chi connectivity index (χ2n) is 5.83. The van der Waals surface area contributed by atoms with E-state index in [1.165, 1.54) is 0 Å². The topological polar surface area (TPSA) is 82.2 Å². The zero-order valence-corrected chi connectivity index (χ0v) is 14.0. The lowest BCUT2D eigenvalue weighted by molar-refractivity contribution is 0.0922. The lowest BCUT2D eigenvalue weighted by Crippen LogP contribution is -2.45. The summed E-state index contributed by atoms with van der Waals surface area (Å²) in [5, 5.41) is 16.6. The fourth-order valence-electron chi connectivity index (χ4n) is 2.86. The third kappa shape index (κ3) is 3.52. The maximum Gasteiger partial charge on any atom is 0.273 e. The van der Waals surface area contributed by atoms with Crippen LogP contribution in [0.5, 0.6) is 0 Å². The Hall–Kier alpha value is -2.52. The summed E-state index contributed by atoms with van der Waals surface area (Å²) in [4.78, 5) is 14.2. The summed E-state index contributed by atoms with van der Waals surface area (Å²) < 4.78 is 4.92. The van der Waals surface area contributed by atoms with E-state index in [1.54, 1.807) is 25.1 Å². The molecule has 1 N–H and O–H groups in total. The van der Waals surface area contributed by atoms with E-state index < -0.39 is 0 Å². The Balaban J connectivity index is 1.61. The van der Waals surface area contributed by atoms with Gasteiger partial charge >= 0.3 is 0 Å². The van der Waals surface area contributed by atoms with Crippen molar-refractivity contribution in [1.29, 1.82) is 5.26 Å². The van der Waals surface area contributed by atoms with Crippen molar-refractivity contribution in [3.8, 4) is 6.07 Å². The van der Waals surface area contributed by atoms with Crippen molar-refractivity contribution < 1.29 is 9.32 Å². The number of rotatable bonds is 3. The predicted molar refractivity (Wildman–Crippen MR) is 90.1 cm³/mol. The van der Waals surface area contributed by atoms with Crippen LogP contribution >= 0.6 is 11.6 Å². The maximum atomic E-state index is 12.1. The molecule has 1 fully saturated rings. The molecule has 7 heteroatoms. The smallest absolute Gasteiger partial charge is 0.273 e. The highest BCUT2D eigenvalue weighted by Crippen LogP contribution is 2.27. The third-order valence-electron chi connectivity index (χ3n) is 4.11. The number of anilines is 1. The summed E-state index contributed by atoms with van der Waals surface area (Å²) >= 11 is 6.05. The number of carbonyl (C=O) groups is 1. The van der Waals surface area contributed by atoms with Crippen LogP contribution in [0.1, 0.15) is 34.7 Å². The number of nitrogens with one attached hydrogen (secondary N) is 1. The number of amides is 1. The maximum absolute atomic E-state index is 12.1. The first-order chi connectivity index (χ1) is 11.6.